The molecule has 1 aliphatic carbocycles. The second-order valence-corrected chi connectivity index (χ2v) is 6.72. The number of aromatic nitrogens is 3. The quantitative estimate of drug-likeness (QED) is 0.758. The van der Waals surface area contributed by atoms with Crippen LogP contribution in [0.1, 0.15) is 38.5 Å². The highest BCUT2D eigenvalue weighted by Gasteiger charge is 2.24. The molecule has 3 rings (SSSR count). The topological polar surface area (TPSA) is 107 Å². The van der Waals surface area contributed by atoms with Crippen LogP contribution in [0, 0.1) is 11.7 Å². The van der Waals surface area contributed by atoms with Gasteiger partial charge in [0.15, 0.2) is 0 Å². The fourth-order valence-corrected chi connectivity index (χ4v) is 3.01. The summed E-state index contributed by atoms with van der Waals surface area (Å²) in [6.45, 7) is 2.07. The van der Waals surface area contributed by atoms with Crippen molar-refractivity contribution in [1.29, 1.82) is 0 Å². The Kier molecular flexibility index (Phi) is 6.13. The molecule has 0 aliphatic heterocycles. The van der Waals surface area contributed by atoms with E-state index in [2.05, 4.69) is 27.4 Å². The van der Waals surface area contributed by atoms with Crippen LogP contribution in [-0.4, -0.2) is 34.1 Å². The molecule has 2 aromatic rings. The third-order valence-corrected chi connectivity index (χ3v) is 4.52. The lowest BCUT2D eigenvalue weighted by Gasteiger charge is -2.24. The van der Waals surface area contributed by atoms with Crippen LogP contribution in [0.25, 0.3) is 11.5 Å². The number of halogens is 1. The van der Waals surface area contributed by atoms with Crippen molar-refractivity contribution >= 4 is 11.9 Å². The van der Waals surface area contributed by atoms with Crippen molar-refractivity contribution in [2.75, 3.05) is 7.11 Å². The van der Waals surface area contributed by atoms with Crippen molar-refractivity contribution in [3.05, 3.63) is 41.3 Å². The second kappa shape index (κ2) is 8.73. The smallest absolute Gasteiger partial charge is 0.335 e. The van der Waals surface area contributed by atoms with Crippen LogP contribution in [-0.2, 0) is 20.7 Å². The van der Waals surface area contributed by atoms with Crippen molar-refractivity contribution in [1.82, 2.24) is 20.4 Å². The maximum absolute atomic E-state index is 12.9. The van der Waals surface area contributed by atoms with E-state index in [1.165, 1.54) is 19.2 Å². The van der Waals surface area contributed by atoms with Gasteiger partial charge in [0.25, 0.3) is 0 Å². The van der Waals surface area contributed by atoms with E-state index in [0.29, 0.717) is 35.7 Å². The molecule has 148 valence electrons. The first-order chi connectivity index (χ1) is 13.5. The maximum atomic E-state index is 12.9. The van der Waals surface area contributed by atoms with E-state index in [9.17, 15) is 14.0 Å². The number of esters is 1. The number of allylic oxidation sites excluding steroid dienone is 1. The number of methoxy groups -OCH3 is 1. The second-order valence-electron chi connectivity index (χ2n) is 6.72. The lowest BCUT2D eigenvalue weighted by molar-refractivity contribution is -0.136. The lowest BCUT2D eigenvalue weighted by Crippen LogP contribution is -2.29. The molecule has 0 bridgehead atoms. The van der Waals surface area contributed by atoms with Crippen molar-refractivity contribution < 1.29 is 23.2 Å². The summed E-state index contributed by atoms with van der Waals surface area (Å²) in [5.41, 5.74) is 1.53. The average Bonchev–Trinajstić information content (AvgIpc) is 3.15. The predicted octanol–water partition coefficient (Wildman–Crippen LogP) is 2.57. The third kappa shape index (κ3) is 4.79. The summed E-state index contributed by atoms with van der Waals surface area (Å²) in [7, 11) is 1.33. The molecule has 8 nitrogen and oxygen atoms in total. The van der Waals surface area contributed by atoms with Gasteiger partial charge < -0.3 is 14.6 Å². The zero-order valence-corrected chi connectivity index (χ0v) is 15.7. The molecule has 1 atom stereocenters. The number of carbonyl (C=O) groups excluding carboxylic acids is 2. The van der Waals surface area contributed by atoms with E-state index in [1.54, 1.807) is 0 Å². The van der Waals surface area contributed by atoms with Gasteiger partial charge in [-0.15, -0.1) is 0 Å². The number of pyridine rings is 1. The van der Waals surface area contributed by atoms with Crippen LogP contribution in [0.15, 0.2) is 34.1 Å². The Bertz CT molecular complexity index is 892. The molecule has 1 N–H and O–H groups in total. The average molecular weight is 388 g/mol. The first-order valence-electron chi connectivity index (χ1n) is 9.01. The number of nitrogens with one attached hydrogen (secondary N) is 1. The summed E-state index contributed by atoms with van der Waals surface area (Å²) >= 11 is 0. The molecular weight excluding hydrogens is 367 g/mol. The van der Waals surface area contributed by atoms with Gasteiger partial charge in [-0.2, -0.15) is 4.98 Å². The Morgan fingerprint density at radius 2 is 2.21 bits per heavy atom. The minimum atomic E-state index is -0.457. The van der Waals surface area contributed by atoms with E-state index in [4.69, 9.17) is 9.26 Å². The first-order valence-corrected chi connectivity index (χ1v) is 9.01. The SMILES string of the molecule is COC(=O)C1=C(NC(=O)CCc2nc(-c3ccc(F)cn3)no2)CC(C)CC1. The molecule has 0 fully saturated rings. The number of hydrogen-bond donors (Lipinski definition) is 1. The molecule has 2 aromatic heterocycles. The number of carbonyl (C=O) groups is 2. The van der Waals surface area contributed by atoms with E-state index < -0.39 is 11.8 Å². The molecular formula is C19H21FN4O4. The van der Waals surface area contributed by atoms with Crippen LogP contribution in [0.3, 0.4) is 0 Å². The van der Waals surface area contributed by atoms with E-state index >= 15 is 0 Å². The van der Waals surface area contributed by atoms with Crippen LogP contribution >= 0.6 is 0 Å². The fraction of sp³-hybridized carbons (Fsp3) is 0.421. The number of ether oxygens (including phenoxy) is 1. The summed E-state index contributed by atoms with van der Waals surface area (Å²) in [5.74, 6) is -0.226. The molecule has 28 heavy (non-hydrogen) atoms. The van der Waals surface area contributed by atoms with Crippen molar-refractivity contribution in [2.24, 2.45) is 5.92 Å². The highest BCUT2D eigenvalue weighted by atomic mass is 19.1. The number of amides is 1. The van der Waals surface area contributed by atoms with Crippen molar-refractivity contribution in [2.45, 2.75) is 39.0 Å². The fourth-order valence-electron chi connectivity index (χ4n) is 3.01. The number of hydrogen-bond acceptors (Lipinski definition) is 7. The van der Waals surface area contributed by atoms with E-state index in [0.717, 1.165) is 12.6 Å². The highest BCUT2D eigenvalue weighted by Crippen LogP contribution is 2.28. The molecule has 9 heteroatoms. The minimum Gasteiger partial charge on any atom is -0.466 e. The molecule has 0 aromatic carbocycles. The highest BCUT2D eigenvalue weighted by molar-refractivity contribution is 5.90. The van der Waals surface area contributed by atoms with Gasteiger partial charge in [-0.05, 0) is 37.3 Å². The molecule has 1 unspecified atom stereocenters. The largest absolute Gasteiger partial charge is 0.466 e. The van der Waals surface area contributed by atoms with Gasteiger partial charge >= 0.3 is 5.97 Å². The molecule has 0 spiro atoms. The monoisotopic (exact) mass is 388 g/mol. The Balaban J connectivity index is 1.60. The van der Waals surface area contributed by atoms with E-state index in [-0.39, 0.29) is 30.5 Å². The molecule has 0 radical (unpaired) electrons. The maximum Gasteiger partial charge on any atom is 0.335 e. The van der Waals surface area contributed by atoms with Crippen LogP contribution in [0.5, 0.6) is 0 Å². The van der Waals surface area contributed by atoms with Crippen LogP contribution in [0.4, 0.5) is 4.39 Å². The molecule has 1 aliphatic rings. The summed E-state index contributed by atoms with van der Waals surface area (Å²) in [6.07, 6.45) is 3.50. The van der Waals surface area contributed by atoms with Crippen LogP contribution in [0.2, 0.25) is 0 Å². The summed E-state index contributed by atoms with van der Waals surface area (Å²) in [5, 5.41) is 6.62. The van der Waals surface area contributed by atoms with Gasteiger partial charge in [0.2, 0.25) is 17.6 Å². The standard InChI is InChI=1S/C19H21FN4O4/c1-11-3-5-13(19(26)27-2)15(9-11)22-16(25)7-8-17-23-18(24-28-17)14-6-4-12(20)10-21-14/h4,6,10-11H,3,5,7-9H2,1-2H3,(H,22,25). The zero-order valence-electron chi connectivity index (χ0n) is 15.7. The van der Waals surface area contributed by atoms with Gasteiger partial charge in [0, 0.05) is 18.5 Å². The number of rotatable bonds is 6. The molecule has 1 amide bonds. The normalized spacial score (nSPS) is 16.8. The Morgan fingerprint density at radius 3 is 2.93 bits per heavy atom. The summed E-state index contributed by atoms with van der Waals surface area (Å²) < 4.78 is 22.9. The van der Waals surface area contributed by atoms with Crippen LogP contribution < -0.4 is 5.32 Å². The van der Waals surface area contributed by atoms with Gasteiger partial charge in [0.1, 0.15) is 11.5 Å². The predicted molar refractivity (Wildman–Crippen MR) is 96.0 cm³/mol. The third-order valence-electron chi connectivity index (χ3n) is 4.52. The summed E-state index contributed by atoms with van der Waals surface area (Å²) in [4.78, 5) is 32.3. The molecule has 0 saturated heterocycles. The van der Waals surface area contributed by atoms with Crippen molar-refractivity contribution in [3.8, 4) is 11.5 Å². The van der Waals surface area contributed by atoms with Gasteiger partial charge in [-0.3, -0.25) is 4.79 Å². The Morgan fingerprint density at radius 1 is 1.39 bits per heavy atom. The van der Waals surface area contributed by atoms with Crippen molar-refractivity contribution in [3.63, 3.8) is 0 Å². The lowest BCUT2D eigenvalue weighted by atomic mass is 9.88. The Hall–Kier alpha value is -3.10. The van der Waals surface area contributed by atoms with Gasteiger partial charge in [0.05, 0.1) is 18.9 Å². The first kappa shape index (κ1) is 19.7. The zero-order chi connectivity index (χ0) is 20.1. The molecule has 2 heterocycles. The number of aryl methyl sites for hydroxylation is 1. The summed E-state index contributed by atoms with van der Waals surface area (Å²) in [6, 6.07) is 2.70. The molecule has 0 saturated carbocycles. The Labute approximate surface area is 161 Å². The minimum absolute atomic E-state index is 0.116. The number of nitrogens with zero attached hydrogens (tertiary/aromatic N) is 3. The van der Waals surface area contributed by atoms with Gasteiger partial charge in [-0.1, -0.05) is 12.1 Å². The van der Waals surface area contributed by atoms with E-state index in [1.807, 2.05) is 0 Å². The van der Waals surface area contributed by atoms with Gasteiger partial charge in [-0.25, -0.2) is 14.2 Å².